The summed E-state index contributed by atoms with van der Waals surface area (Å²) in [6.45, 7) is 0. The molecule has 3 nitrogen and oxygen atoms in total. The van der Waals surface area contributed by atoms with Crippen LogP contribution in [0, 0.1) is 5.41 Å². The monoisotopic (exact) mass is 208 g/mol. The van der Waals surface area contributed by atoms with Gasteiger partial charge >= 0.3 is 6.18 Å². The number of hydrogen-bond donors (Lipinski definition) is 0. The molecular formula is C8H11F3N2O. The maximum Gasteiger partial charge on any atom is 0.403 e. The van der Waals surface area contributed by atoms with E-state index in [0.717, 1.165) is 6.34 Å². The first kappa shape index (κ1) is 11.0. The minimum absolute atomic E-state index is 0.139. The predicted molar refractivity (Wildman–Crippen MR) is 44.9 cm³/mol. The third-order valence-corrected chi connectivity index (χ3v) is 2.11. The lowest BCUT2D eigenvalue weighted by Crippen LogP contribution is -2.32. The van der Waals surface area contributed by atoms with Gasteiger partial charge in [-0.05, 0) is 12.8 Å². The lowest BCUT2D eigenvalue weighted by Gasteiger charge is -2.15. The highest BCUT2D eigenvalue weighted by Crippen LogP contribution is 2.58. The van der Waals surface area contributed by atoms with E-state index in [1.54, 1.807) is 14.1 Å². The molecule has 0 radical (unpaired) electrons. The van der Waals surface area contributed by atoms with Gasteiger partial charge in [-0.15, -0.1) is 0 Å². The highest BCUT2D eigenvalue weighted by Gasteiger charge is 2.68. The molecule has 1 amide bonds. The van der Waals surface area contributed by atoms with Crippen molar-refractivity contribution in [3.05, 3.63) is 0 Å². The molecule has 1 aliphatic carbocycles. The molecule has 0 aromatic carbocycles. The fourth-order valence-corrected chi connectivity index (χ4v) is 1.04. The smallest absolute Gasteiger partial charge is 0.369 e. The zero-order valence-electron chi connectivity index (χ0n) is 7.93. The van der Waals surface area contributed by atoms with Crippen molar-refractivity contribution in [2.75, 3.05) is 14.1 Å². The fraction of sp³-hybridized carbons (Fsp3) is 0.750. The summed E-state index contributed by atoms with van der Waals surface area (Å²) in [5, 5.41) is 0. The van der Waals surface area contributed by atoms with Crippen LogP contribution in [0.4, 0.5) is 13.2 Å². The first-order chi connectivity index (χ1) is 6.29. The maximum absolute atomic E-state index is 12.4. The Bertz CT molecular complexity index is 266. The Labute approximate surface area is 79.6 Å². The number of hydrogen-bond acceptors (Lipinski definition) is 1. The molecule has 0 N–H and O–H groups in total. The van der Waals surface area contributed by atoms with Crippen molar-refractivity contribution < 1.29 is 18.0 Å². The molecule has 1 fully saturated rings. The highest BCUT2D eigenvalue weighted by molar-refractivity contribution is 5.91. The van der Waals surface area contributed by atoms with Gasteiger partial charge in [-0.3, -0.25) is 4.79 Å². The molecule has 0 unspecified atom stereocenters. The van der Waals surface area contributed by atoms with E-state index in [1.165, 1.54) is 4.90 Å². The van der Waals surface area contributed by atoms with Crippen LogP contribution >= 0.6 is 0 Å². The Morgan fingerprint density at radius 1 is 1.43 bits per heavy atom. The van der Waals surface area contributed by atoms with E-state index in [-0.39, 0.29) is 12.8 Å². The second-order valence-electron chi connectivity index (χ2n) is 3.59. The van der Waals surface area contributed by atoms with Gasteiger partial charge in [0.1, 0.15) is 5.41 Å². The van der Waals surface area contributed by atoms with Crippen molar-refractivity contribution in [1.29, 1.82) is 0 Å². The van der Waals surface area contributed by atoms with Gasteiger partial charge in [-0.25, -0.2) is 4.99 Å². The molecule has 0 bridgehead atoms. The van der Waals surface area contributed by atoms with Gasteiger partial charge in [0, 0.05) is 14.1 Å². The molecule has 6 heteroatoms. The van der Waals surface area contributed by atoms with Crippen LogP contribution in [0.15, 0.2) is 4.99 Å². The summed E-state index contributed by atoms with van der Waals surface area (Å²) in [6.07, 6.45) is -3.65. The van der Waals surface area contributed by atoms with Crippen LogP contribution in [0.1, 0.15) is 12.8 Å². The normalized spacial score (nSPS) is 19.8. The van der Waals surface area contributed by atoms with Crippen LogP contribution in [-0.4, -0.2) is 37.4 Å². The summed E-state index contributed by atoms with van der Waals surface area (Å²) in [4.78, 5) is 15.8. The third-order valence-electron chi connectivity index (χ3n) is 2.11. The molecule has 1 aliphatic rings. The first-order valence-corrected chi connectivity index (χ1v) is 4.11. The van der Waals surface area contributed by atoms with Gasteiger partial charge in [0.2, 0.25) is 0 Å². The number of amides is 1. The molecule has 0 saturated heterocycles. The molecule has 0 atom stereocenters. The summed E-state index contributed by atoms with van der Waals surface area (Å²) >= 11 is 0. The summed E-state index contributed by atoms with van der Waals surface area (Å²) in [5.41, 5.74) is -2.18. The Hall–Kier alpha value is -1.07. The van der Waals surface area contributed by atoms with E-state index < -0.39 is 17.5 Å². The van der Waals surface area contributed by atoms with Crippen molar-refractivity contribution in [1.82, 2.24) is 4.90 Å². The quantitative estimate of drug-likeness (QED) is 0.508. The molecule has 0 aromatic rings. The Balaban J connectivity index is 2.71. The number of halogens is 3. The Morgan fingerprint density at radius 2 is 1.93 bits per heavy atom. The predicted octanol–water partition coefficient (Wildman–Crippen LogP) is 1.45. The second-order valence-corrected chi connectivity index (χ2v) is 3.59. The van der Waals surface area contributed by atoms with E-state index in [1.807, 2.05) is 0 Å². The van der Waals surface area contributed by atoms with E-state index in [9.17, 15) is 18.0 Å². The van der Waals surface area contributed by atoms with Crippen molar-refractivity contribution >= 4 is 12.2 Å². The molecule has 0 spiro atoms. The topological polar surface area (TPSA) is 32.7 Å². The van der Waals surface area contributed by atoms with Gasteiger partial charge < -0.3 is 4.90 Å². The summed E-state index contributed by atoms with van der Waals surface area (Å²) in [5.74, 6) is -1.08. The van der Waals surface area contributed by atoms with Gasteiger partial charge in [0.25, 0.3) is 5.91 Å². The van der Waals surface area contributed by atoms with Crippen molar-refractivity contribution in [2.45, 2.75) is 19.0 Å². The molecule has 1 rings (SSSR count). The lowest BCUT2D eigenvalue weighted by molar-refractivity contribution is -0.190. The van der Waals surface area contributed by atoms with E-state index >= 15 is 0 Å². The second kappa shape index (κ2) is 3.25. The standard InChI is InChI=1S/C8H11F3N2O/c1-13(2)5-12-6(14)7(3-4-7)8(9,10)11/h5H,3-4H2,1-2H3/b12-5+. The Morgan fingerprint density at radius 3 is 2.21 bits per heavy atom. The lowest BCUT2D eigenvalue weighted by atomic mass is 10.1. The van der Waals surface area contributed by atoms with Gasteiger partial charge in [0.15, 0.2) is 0 Å². The average molecular weight is 208 g/mol. The van der Waals surface area contributed by atoms with Crippen molar-refractivity contribution in [3.63, 3.8) is 0 Å². The molecule has 80 valence electrons. The number of aliphatic imine (C=N–C) groups is 1. The van der Waals surface area contributed by atoms with Gasteiger partial charge in [-0.2, -0.15) is 13.2 Å². The molecule has 1 saturated carbocycles. The number of rotatable bonds is 2. The van der Waals surface area contributed by atoms with E-state index in [0.29, 0.717) is 0 Å². The van der Waals surface area contributed by atoms with Crippen LogP contribution in [0.2, 0.25) is 0 Å². The molecule has 0 aromatic heterocycles. The number of nitrogens with zero attached hydrogens (tertiary/aromatic N) is 2. The van der Waals surface area contributed by atoms with E-state index in [2.05, 4.69) is 4.99 Å². The summed E-state index contributed by atoms with van der Waals surface area (Å²) in [7, 11) is 3.17. The summed E-state index contributed by atoms with van der Waals surface area (Å²) in [6, 6.07) is 0. The first-order valence-electron chi connectivity index (χ1n) is 4.11. The average Bonchev–Trinajstić information content (AvgIpc) is 2.77. The maximum atomic E-state index is 12.4. The van der Waals surface area contributed by atoms with Gasteiger partial charge in [0.05, 0.1) is 6.34 Å². The largest absolute Gasteiger partial charge is 0.403 e. The third kappa shape index (κ3) is 1.88. The summed E-state index contributed by atoms with van der Waals surface area (Å²) < 4.78 is 37.1. The number of carbonyl (C=O) groups is 1. The van der Waals surface area contributed by atoms with Crippen LogP contribution < -0.4 is 0 Å². The minimum Gasteiger partial charge on any atom is -0.369 e. The SMILES string of the molecule is CN(C)/C=N/C(=O)C1(C(F)(F)F)CC1. The molecule has 14 heavy (non-hydrogen) atoms. The Kier molecular flexibility index (Phi) is 2.56. The fourth-order valence-electron chi connectivity index (χ4n) is 1.04. The van der Waals surface area contributed by atoms with Crippen molar-refractivity contribution in [3.8, 4) is 0 Å². The zero-order valence-corrected chi connectivity index (χ0v) is 7.93. The number of carbonyl (C=O) groups excluding carboxylic acids is 1. The molecule has 0 heterocycles. The highest BCUT2D eigenvalue weighted by atomic mass is 19.4. The minimum atomic E-state index is -4.46. The molecular weight excluding hydrogens is 197 g/mol. The van der Waals surface area contributed by atoms with Gasteiger partial charge in [-0.1, -0.05) is 0 Å². The van der Waals surface area contributed by atoms with Crippen LogP contribution in [0.25, 0.3) is 0 Å². The zero-order chi connectivity index (χ0) is 11.0. The molecule has 0 aliphatic heterocycles. The van der Waals surface area contributed by atoms with E-state index in [4.69, 9.17) is 0 Å². The number of alkyl halides is 3. The van der Waals surface area contributed by atoms with Crippen LogP contribution in [0.3, 0.4) is 0 Å². The van der Waals surface area contributed by atoms with Crippen LogP contribution in [-0.2, 0) is 4.79 Å². The van der Waals surface area contributed by atoms with Crippen molar-refractivity contribution in [2.24, 2.45) is 10.4 Å². The van der Waals surface area contributed by atoms with Crippen LogP contribution in [0.5, 0.6) is 0 Å².